The summed E-state index contributed by atoms with van der Waals surface area (Å²) in [7, 11) is -1.61. The van der Waals surface area contributed by atoms with Crippen LogP contribution in [0.3, 0.4) is 0 Å². The Labute approximate surface area is 124 Å². The zero-order valence-corrected chi connectivity index (χ0v) is 16.0. The van der Waals surface area contributed by atoms with Crippen LogP contribution in [0, 0.1) is 5.41 Å². The largest absolute Gasteiger partial charge is 0.481 e. The van der Waals surface area contributed by atoms with Crippen molar-refractivity contribution in [2.24, 2.45) is 5.41 Å². The first-order valence-electron chi connectivity index (χ1n) is 5.95. The van der Waals surface area contributed by atoms with Crippen LogP contribution in [0.2, 0.25) is 19.6 Å². The maximum absolute atomic E-state index is 11.5. The van der Waals surface area contributed by atoms with Crippen LogP contribution in [0.15, 0.2) is 30.3 Å². The van der Waals surface area contributed by atoms with Crippen molar-refractivity contribution in [2.75, 3.05) is 0 Å². The fourth-order valence-corrected chi connectivity index (χ4v) is 6.25. The second kappa shape index (κ2) is 6.12. The van der Waals surface area contributed by atoms with Crippen molar-refractivity contribution < 1.29 is 29.4 Å². The van der Waals surface area contributed by atoms with Crippen molar-refractivity contribution in [2.45, 2.75) is 39.0 Å². The molecule has 0 heterocycles. The molecule has 0 fully saturated rings. The standard InChI is InChI=1S/C14H22O2Si.Zn/c1-14(2,13(15)16)12(17(3,4)5)11-9-7-6-8-10-11;/h6-10,12H,1-5H3,(H,15,16);. The zero-order chi connectivity index (χ0) is 13.3. The zero-order valence-electron chi connectivity index (χ0n) is 12.0. The van der Waals surface area contributed by atoms with Crippen molar-refractivity contribution in [3.63, 3.8) is 0 Å². The van der Waals surface area contributed by atoms with E-state index in [0.29, 0.717) is 0 Å². The molecular formula is C14H22O2SiZn. The molecule has 0 bridgehead atoms. The summed E-state index contributed by atoms with van der Waals surface area (Å²) in [5.74, 6) is -0.714. The van der Waals surface area contributed by atoms with E-state index in [4.69, 9.17) is 0 Å². The van der Waals surface area contributed by atoms with Crippen molar-refractivity contribution in [1.82, 2.24) is 0 Å². The second-order valence-corrected chi connectivity index (χ2v) is 11.5. The van der Waals surface area contributed by atoms with Crippen LogP contribution in [0.5, 0.6) is 0 Å². The summed E-state index contributed by atoms with van der Waals surface area (Å²) in [5, 5.41) is 9.46. The van der Waals surface area contributed by atoms with Gasteiger partial charge in [-0.05, 0) is 25.0 Å². The van der Waals surface area contributed by atoms with Crippen molar-refractivity contribution in [3.05, 3.63) is 35.9 Å². The van der Waals surface area contributed by atoms with Crippen LogP contribution in [-0.4, -0.2) is 19.1 Å². The number of hydrogen-bond acceptors (Lipinski definition) is 1. The van der Waals surface area contributed by atoms with Gasteiger partial charge in [-0.3, -0.25) is 4.79 Å². The molecule has 0 aliphatic heterocycles. The fraction of sp³-hybridized carbons (Fsp3) is 0.500. The molecule has 1 N–H and O–H groups in total. The number of rotatable bonds is 4. The van der Waals surface area contributed by atoms with E-state index in [1.807, 2.05) is 44.2 Å². The molecule has 1 rings (SSSR count). The van der Waals surface area contributed by atoms with E-state index in [1.54, 1.807) is 0 Å². The third kappa shape index (κ3) is 3.76. The van der Waals surface area contributed by atoms with E-state index in [9.17, 15) is 9.90 Å². The van der Waals surface area contributed by atoms with Gasteiger partial charge in [-0.2, -0.15) is 0 Å². The first-order valence-corrected chi connectivity index (χ1v) is 9.53. The molecule has 0 aliphatic rings. The Balaban J connectivity index is 0.00000289. The monoisotopic (exact) mass is 314 g/mol. The summed E-state index contributed by atoms with van der Waals surface area (Å²) >= 11 is 0. The maximum Gasteiger partial charge on any atom is 0.309 e. The van der Waals surface area contributed by atoms with Gasteiger partial charge in [-0.25, -0.2) is 0 Å². The number of carbonyl (C=O) groups is 1. The Kier molecular flexibility index (Phi) is 5.96. The van der Waals surface area contributed by atoms with Crippen LogP contribution in [0.25, 0.3) is 0 Å². The fourth-order valence-electron chi connectivity index (χ4n) is 2.77. The SMILES string of the molecule is CC(C)(C(=O)O)C(c1ccccc1)[Si](C)(C)C.[Zn]. The molecule has 1 unspecified atom stereocenters. The van der Waals surface area contributed by atoms with Crippen LogP contribution in [0.1, 0.15) is 25.0 Å². The smallest absolute Gasteiger partial charge is 0.309 e. The Hall–Kier alpha value is -0.470. The first kappa shape index (κ1) is 17.5. The molecule has 4 heteroatoms. The van der Waals surface area contributed by atoms with Gasteiger partial charge in [0.1, 0.15) is 0 Å². The summed E-state index contributed by atoms with van der Waals surface area (Å²) in [4.78, 5) is 11.5. The molecular weight excluding hydrogens is 294 g/mol. The molecule has 1 atom stereocenters. The van der Waals surface area contributed by atoms with Crippen molar-refractivity contribution in [1.29, 1.82) is 0 Å². The van der Waals surface area contributed by atoms with Crippen LogP contribution >= 0.6 is 0 Å². The average molecular weight is 316 g/mol. The molecule has 0 spiro atoms. The van der Waals surface area contributed by atoms with Gasteiger partial charge in [0.05, 0.1) is 13.5 Å². The molecule has 18 heavy (non-hydrogen) atoms. The van der Waals surface area contributed by atoms with Gasteiger partial charge in [0.2, 0.25) is 0 Å². The predicted octanol–water partition coefficient (Wildman–Crippen LogP) is 3.76. The average Bonchev–Trinajstić information content (AvgIpc) is 2.16. The third-order valence-corrected chi connectivity index (χ3v) is 6.06. The van der Waals surface area contributed by atoms with E-state index < -0.39 is 19.5 Å². The van der Waals surface area contributed by atoms with E-state index in [2.05, 4.69) is 19.6 Å². The van der Waals surface area contributed by atoms with Gasteiger partial charge in [0, 0.05) is 19.5 Å². The summed E-state index contributed by atoms with van der Waals surface area (Å²) in [6.45, 7) is 10.4. The van der Waals surface area contributed by atoms with E-state index in [0.717, 1.165) is 5.56 Å². The molecule has 0 saturated heterocycles. The molecule has 0 aromatic heterocycles. The molecule has 0 radical (unpaired) electrons. The summed E-state index contributed by atoms with van der Waals surface area (Å²) < 4.78 is 0. The van der Waals surface area contributed by atoms with Gasteiger partial charge >= 0.3 is 5.97 Å². The summed E-state index contributed by atoms with van der Waals surface area (Å²) in [6, 6.07) is 10.0. The van der Waals surface area contributed by atoms with Crippen molar-refractivity contribution in [3.8, 4) is 0 Å². The van der Waals surface area contributed by atoms with Crippen LogP contribution in [0.4, 0.5) is 0 Å². The second-order valence-electron chi connectivity index (χ2n) is 6.24. The topological polar surface area (TPSA) is 37.3 Å². The summed E-state index contributed by atoms with van der Waals surface area (Å²) in [6.07, 6.45) is 0. The first-order chi connectivity index (χ1) is 7.67. The number of carboxylic acid groups (broad SMARTS) is 1. The van der Waals surface area contributed by atoms with Crippen LogP contribution in [-0.2, 0) is 24.3 Å². The Morgan fingerprint density at radius 3 is 1.94 bits per heavy atom. The number of carboxylic acids is 1. The van der Waals surface area contributed by atoms with E-state index in [1.165, 1.54) is 0 Å². The molecule has 0 aliphatic carbocycles. The van der Waals surface area contributed by atoms with Gasteiger partial charge in [-0.1, -0.05) is 50.0 Å². The van der Waals surface area contributed by atoms with Crippen molar-refractivity contribution >= 4 is 14.0 Å². The third-order valence-electron chi connectivity index (χ3n) is 3.27. The van der Waals surface area contributed by atoms with Gasteiger partial charge < -0.3 is 5.11 Å². The quantitative estimate of drug-likeness (QED) is 0.859. The van der Waals surface area contributed by atoms with E-state index in [-0.39, 0.29) is 25.0 Å². The van der Waals surface area contributed by atoms with Gasteiger partial charge in [0.25, 0.3) is 0 Å². The Morgan fingerprint density at radius 2 is 1.61 bits per heavy atom. The summed E-state index contributed by atoms with van der Waals surface area (Å²) in [5.41, 5.74) is 0.555. The Morgan fingerprint density at radius 1 is 1.17 bits per heavy atom. The molecule has 96 valence electrons. The predicted molar refractivity (Wildman–Crippen MR) is 73.9 cm³/mol. The van der Waals surface area contributed by atoms with Gasteiger partial charge in [0.15, 0.2) is 0 Å². The van der Waals surface area contributed by atoms with Gasteiger partial charge in [-0.15, -0.1) is 0 Å². The maximum atomic E-state index is 11.5. The minimum Gasteiger partial charge on any atom is -0.481 e. The van der Waals surface area contributed by atoms with E-state index >= 15 is 0 Å². The Bertz CT molecular complexity index is 396. The minimum absolute atomic E-state index is 0. The number of hydrogen-bond donors (Lipinski definition) is 1. The molecule has 2 nitrogen and oxygen atoms in total. The molecule has 1 aromatic carbocycles. The molecule has 0 amide bonds. The molecule has 0 saturated carbocycles. The number of benzene rings is 1. The molecule has 1 aromatic rings. The minimum atomic E-state index is -1.61. The number of aliphatic carboxylic acids is 1. The van der Waals surface area contributed by atoms with Crippen LogP contribution < -0.4 is 0 Å². The normalized spacial score (nSPS) is 13.6.